The third-order valence-corrected chi connectivity index (χ3v) is 4.63. The fraction of sp³-hybridized carbons (Fsp3) is 0.533. The van der Waals surface area contributed by atoms with Crippen molar-refractivity contribution in [1.82, 2.24) is 0 Å². The van der Waals surface area contributed by atoms with Gasteiger partial charge in [-0.25, -0.2) is 13.2 Å². The van der Waals surface area contributed by atoms with E-state index in [4.69, 9.17) is 15.4 Å². The molecule has 0 aliphatic rings. The number of hydrogen-bond donors (Lipinski definition) is 0. The van der Waals surface area contributed by atoms with E-state index in [-0.39, 0.29) is 10.5 Å². The summed E-state index contributed by atoms with van der Waals surface area (Å²) >= 11 is 0. The number of benzene rings is 1. The van der Waals surface area contributed by atoms with Crippen LogP contribution in [0, 0.1) is 19.8 Å². The van der Waals surface area contributed by atoms with Gasteiger partial charge in [-0.15, -0.1) is 0 Å². The fourth-order valence-corrected chi connectivity index (χ4v) is 3.25. The van der Waals surface area contributed by atoms with E-state index in [1.807, 2.05) is 0 Å². The fourth-order valence-electron chi connectivity index (χ4n) is 2.05. The average Bonchev–Trinajstić information content (AvgIpc) is 2.32. The Bertz CT molecular complexity index is 621. The molecule has 0 radical (unpaired) electrons. The number of rotatable bonds is 6. The first-order valence-corrected chi connectivity index (χ1v) is 9.17. The normalized spacial score (nSPS) is 11.7. The van der Waals surface area contributed by atoms with E-state index < -0.39 is 15.0 Å². The highest BCUT2D eigenvalue weighted by Crippen LogP contribution is 2.24. The topological polar surface area (TPSA) is 60.4 Å². The Labute approximate surface area is 130 Å². The van der Waals surface area contributed by atoms with Crippen LogP contribution in [0.1, 0.15) is 48.2 Å². The van der Waals surface area contributed by atoms with Crippen LogP contribution in [0.4, 0.5) is 0 Å². The molecule has 0 N–H and O–H groups in total. The number of halogens is 1. The number of hydrogen-bond acceptors (Lipinski definition) is 4. The van der Waals surface area contributed by atoms with E-state index in [0.717, 1.165) is 12.8 Å². The van der Waals surface area contributed by atoms with Gasteiger partial charge in [-0.3, -0.25) is 0 Å². The van der Waals surface area contributed by atoms with Crippen molar-refractivity contribution in [2.24, 2.45) is 5.92 Å². The van der Waals surface area contributed by atoms with Crippen molar-refractivity contribution >= 4 is 25.7 Å². The second-order valence-corrected chi connectivity index (χ2v) is 8.08. The van der Waals surface area contributed by atoms with Crippen molar-refractivity contribution in [3.63, 3.8) is 0 Å². The van der Waals surface area contributed by atoms with Crippen molar-refractivity contribution in [3.8, 4) is 0 Å². The quantitative estimate of drug-likeness (QED) is 0.451. The Hall–Kier alpha value is -1.07. The monoisotopic (exact) mass is 332 g/mol. The molecule has 0 unspecified atom stereocenters. The van der Waals surface area contributed by atoms with Crippen LogP contribution in [-0.2, 0) is 13.8 Å². The Morgan fingerprint density at radius 1 is 1.24 bits per heavy atom. The number of esters is 1. The molecule has 0 amide bonds. The van der Waals surface area contributed by atoms with Gasteiger partial charge in [0.15, 0.2) is 0 Å². The second-order valence-electron chi connectivity index (χ2n) is 5.54. The molecule has 0 aromatic heterocycles. The molecule has 0 bridgehead atoms. The van der Waals surface area contributed by atoms with Gasteiger partial charge >= 0.3 is 5.97 Å². The van der Waals surface area contributed by atoms with Crippen LogP contribution in [0.5, 0.6) is 0 Å². The summed E-state index contributed by atoms with van der Waals surface area (Å²) < 4.78 is 28.2. The van der Waals surface area contributed by atoms with Crippen molar-refractivity contribution in [3.05, 3.63) is 28.8 Å². The summed E-state index contributed by atoms with van der Waals surface area (Å²) in [6.07, 6.45) is 1.76. The van der Waals surface area contributed by atoms with Crippen LogP contribution in [0.3, 0.4) is 0 Å². The van der Waals surface area contributed by atoms with Crippen LogP contribution in [0.25, 0.3) is 0 Å². The summed E-state index contributed by atoms with van der Waals surface area (Å²) in [7, 11) is 1.50. The SMILES string of the molecule is Cc1cc(C)c(S(=O)(=O)Cl)cc1C(=O)OCCCC(C)C. The molecular formula is C15H21ClO4S. The van der Waals surface area contributed by atoms with Gasteiger partial charge < -0.3 is 4.74 Å². The van der Waals surface area contributed by atoms with E-state index in [2.05, 4.69) is 13.8 Å². The van der Waals surface area contributed by atoms with Crippen molar-refractivity contribution in [2.45, 2.75) is 45.4 Å². The third-order valence-electron chi connectivity index (χ3n) is 3.16. The highest BCUT2D eigenvalue weighted by Gasteiger charge is 2.19. The number of carbonyl (C=O) groups excluding carboxylic acids is 1. The van der Waals surface area contributed by atoms with Gasteiger partial charge in [0, 0.05) is 10.7 Å². The van der Waals surface area contributed by atoms with E-state index in [1.54, 1.807) is 19.9 Å². The molecule has 0 atom stereocenters. The number of carbonyl (C=O) groups is 1. The van der Waals surface area contributed by atoms with Gasteiger partial charge in [-0.05, 0) is 49.8 Å². The lowest BCUT2D eigenvalue weighted by Crippen LogP contribution is -2.10. The minimum Gasteiger partial charge on any atom is -0.462 e. The Morgan fingerprint density at radius 2 is 1.86 bits per heavy atom. The molecule has 6 heteroatoms. The maximum Gasteiger partial charge on any atom is 0.338 e. The standard InChI is InChI=1S/C15H21ClO4S/c1-10(2)6-5-7-20-15(17)13-9-14(21(16,18)19)12(4)8-11(13)3/h8-10H,5-7H2,1-4H3. The maximum absolute atomic E-state index is 12.0. The predicted molar refractivity (Wildman–Crippen MR) is 83.3 cm³/mol. The van der Waals surface area contributed by atoms with Gasteiger partial charge in [0.05, 0.1) is 17.1 Å². The maximum atomic E-state index is 12.0. The molecule has 1 aromatic rings. The smallest absolute Gasteiger partial charge is 0.338 e. The van der Waals surface area contributed by atoms with Crippen LogP contribution in [-0.4, -0.2) is 21.0 Å². The zero-order chi connectivity index (χ0) is 16.2. The number of ether oxygens (including phenoxy) is 1. The summed E-state index contributed by atoms with van der Waals surface area (Å²) in [4.78, 5) is 12.0. The summed E-state index contributed by atoms with van der Waals surface area (Å²) in [5, 5.41) is 0. The molecule has 0 saturated carbocycles. The Balaban J connectivity index is 2.90. The molecule has 0 aliphatic heterocycles. The van der Waals surface area contributed by atoms with Crippen molar-refractivity contribution < 1.29 is 17.9 Å². The van der Waals surface area contributed by atoms with Crippen molar-refractivity contribution in [2.75, 3.05) is 6.61 Å². The summed E-state index contributed by atoms with van der Waals surface area (Å²) in [5.41, 5.74) is 1.42. The molecule has 0 saturated heterocycles. The lowest BCUT2D eigenvalue weighted by molar-refractivity contribution is 0.0493. The van der Waals surface area contributed by atoms with Crippen LogP contribution in [0.15, 0.2) is 17.0 Å². The van der Waals surface area contributed by atoms with Gasteiger partial charge in [0.1, 0.15) is 0 Å². The van der Waals surface area contributed by atoms with Gasteiger partial charge in [0.2, 0.25) is 0 Å². The third kappa shape index (κ3) is 5.32. The Morgan fingerprint density at radius 3 is 2.38 bits per heavy atom. The molecule has 118 valence electrons. The highest BCUT2D eigenvalue weighted by molar-refractivity contribution is 8.13. The van der Waals surface area contributed by atoms with Gasteiger partial charge in [-0.1, -0.05) is 19.9 Å². The molecule has 0 fully saturated rings. The first-order chi connectivity index (χ1) is 9.62. The van der Waals surface area contributed by atoms with Crippen LogP contribution >= 0.6 is 10.7 Å². The number of aryl methyl sites for hydroxylation is 2. The zero-order valence-electron chi connectivity index (χ0n) is 12.8. The van der Waals surface area contributed by atoms with E-state index in [0.29, 0.717) is 23.7 Å². The molecule has 0 aliphatic carbocycles. The van der Waals surface area contributed by atoms with Gasteiger partial charge in [0.25, 0.3) is 9.05 Å². The summed E-state index contributed by atoms with van der Waals surface area (Å²) in [5.74, 6) is 0.0376. The highest BCUT2D eigenvalue weighted by atomic mass is 35.7. The van der Waals surface area contributed by atoms with Gasteiger partial charge in [-0.2, -0.15) is 0 Å². The van der Waals surface area contributed by atoms with Crippen LogP contribution < -0.4 is 0 Å². The molecular weight excluding hydrogens is 312 g/mol. The minimum atomic E-state index is -3.88. The molecule has 0 spiro atoms. The molecule has 21 heavy (non-hydrogen) atoms. The van der Waals surface area contributed by atoms with E-state index in [1.165, 1.54) is 6.07 Å². The first kappa shape index (κ1) is 18.0. The van der Waals surface area contributed by atoms with Crippen LogP contribution in [0.2, 0.25) is 0 Å². The largest absolute Gasteiger partial charge is 0.462 e. The Kier molecular flexibility index (Phi) is 6.23. The minimum absolute atomic E-state index is 0.0519. The average molecular weight is 333 g/mol. The lowest BCUT2D eigenvalue weighted by atomic mass is 10.1. The molecule has 1 aromatic carbocycles. The predicted octanol–water partition coefficient (Wildman–Crippen LogP) is 3.82. The van der Waals surface area contributed by atoms with E-state index >= 15 is 0 Å². The lowest BCUT2D eigenvalue weighted by Gasteiger charge is -2.11. The summed E-state index contributed by atoms with van der Waals surface area (Å²) in [6, 6.07) is 2.91. The second kappa shape index (κ2) is 7.27. The molecule has 4 nitrogen and oxygen atoms in total. The zero-order valence-corrected chi connectivity index (χ0v) is 14.3. The molecule has 1 rings (SSSR count). The van der Waals surface area contributed by atoms with E-state index in [9.17, 15) is 13.2 Å². The summed E-state index contributed by atoms with van der Waals surface area (Å²) in [6.45, 7) is 7.91. The molecule has 0 heterocycles. The van der Waals surface area contributed by atoms with Crippen molar-refractivity contribution in [1.29, 1.82) is 0 Å². The first-order valence-electron chi connectivity index (χ1n) is 6.86.